The van der Waals surface area contributed by atoms with E-state index in [1.807, 2.05) is 4.90 Å². The van der Waals surface area contributed by atoms with Crippen molar-refractivity contribution in [3.8, 4) is 6.07 Å². The molecule has 142 valence electrons. The van der Waals surface area contributed by atoms with E-state index in [4.69, 9.17) is 10.00 Å². The molecule has 7 nitrogen and oxygen atoms in total. The maximum absolute atomic E-state index is 14.8. The van der Waals surface area contributed by atoms with E-state index in [1.165, 1.54) is 13.0 Å². The summed E-state index contributed by atoms with van der Waals surface area (Å²) in [5.74, 6) is 0.788. The fourth-order valence-electron chi connectivity index (χ4n) is 4.43. The SMILES string of the molecule is CC(=O)NC(c1ccc(N2C[C@@H]3C(CC#N)[C@@H]3C2)c(F)c1)[C@@H]1CNC(=O)O1. The van der Waals surface area contributed by atoms with Gasteiger partial charge in [0.05, 0.1) is 24.3 Å². The lowest BCUT2D eigenvalue weighted by atomic mass is 10.00. The number of piperidine rings is 1. The van der Waals surface area contributed by atoms with Crippen LogP contribution in [-0.4, -0.2) is 37.7 Å². The third kappa shape index (κ3) is 3.29. The molecule has 2 saturated heterocycles. The lowest BCUT2D eigenvalue weighted by molar-refractivity contribution is -0.120. The lowest BCUT2D eigenvalue weighted by Gasteiger charge is -2.26. The Morgan fingerprint density at radius 2 is 2.22 bits per heavy atom. The number of hydrogen-bond donors (Lipinski definition) is 2. The average molecular weight is 372 g/mol. The maximum Gasteiger partial charge on any atom is 0.407 e. The number of nitrogens with zero attached hydrogens (tertiary/aromatic N) is 2. The van der Waals surface area contributed by atoms with Crippen LogP contribution in [0.5, 0.6) is 0 Å². The molecule has 1 saturated carbocycles. The smallest absolute Gasteiger partial charge is 0.407 e. The van der Waals surface area contributed by atoms with Crippen LogP contribution in [0.3, 0.4) is 0 Å². The predicted octanol–water partition coefficient (Wildman–Crippen LogP) is 1.71. The minimum Gasteiger partial charge on any atom is -0.442 e. The second-order valence-corrected chi connectivity index (χ2v) is 7.47. The first-order chi connectivity index (χ1) is 13.0. The first-order valence-electron chi connectivity index (χ1n) is 9.11. The molecule has 2 amide bonds. The van der Waals surface area contributed by atoms with Crippen LogP contribution in [0.4, 0.5) is 14.9 Å². The highest BCUT2D eigenvalue weighted by atomic mass is 19.1. The summed E-state index contributed by atoms with van der Waals surface area (Å²) in [7, 11) is 0. The number of anilines is 1. The normalized spacial score (nSPS) is 29.4. The molecule has 3 fully saturated rings. The number of fused-ring (bicyclic) bond motifs is 1. The molecular weight excluding hydrogens is 351 g/mol. The Bertz CT molecular complexity index is 812. The Kier molecular flexibility index (Phi) is 4.38. The van der Waals surface area contributed by atoms with Crippen LogP contribution in [-0.2, 0) is 9.53 Å². The quantitative estimate of drug-likeness (QED) is 0.821. The Morgan fingerprint density at radius 3 is 2.78 bits per heavy atom. The van der Waals surface area contributed by atoms with Gasteiger partial charge in [0.1, 0.15) is 11.9 Å². The molecule has 0 aromatic heterocycles. The molecule has 0 spiro atoms. The van der Waals surface area contributed by atoms with Crippen LogP contribution in [0, 0.1) is 34.9 Å². The zero-order chi connectivity index (χ0) is 19.1. The minimum atomic E-state index is -0.614. The number of rotatable bonds is 5. The Morgan fingerprint density at radius 1 is 1.48 bits per heavy atom. The number of nitrogens with one attached hydrogen (secondary N) is 2. The molecule has 2 heterocycles. The highest BCUT2D eigenvalue weighted by Gasteiger charge is 2.55. The number of alkyl carbamates (subject to hydrolysis) is 1. The van der Waals surface area contributed by atoms with Gasteiger partial charge in [0, 0.05) is 26.4 Å². The topological polar surface area (TPSA) is 94.5 Å². The Labute approximate surface area is 156 Å². The number of cyclic esters (lactones) is 1. The molecule has 3 aliphatic rings. The van der Waals surface area contributed by atoms with Crippen molar-refractivity contribution in [3.05, 3.63) is 29.6 Å². The number of carbonyl (C=O) groups is 2. The number of benzene rings is 1. The van der Waals surface area contributed by atoms with Crippen LogP contribution in [0.25, 0.3) is 0 Å². The van der Waals surface area contributed by atoms with E-state index in [1.54, 1.807) is 12.1 Å². The van der Waals surface area contributed by atoms with E-state index in [2.05, 4.69) is 16.7 Å². The van der Waals surface area contributed by atoms with Crippen molar-refractivity contribution in [2.45, 2.75) is 25.5 Å². The van der Waals surface area contributed by atoms with E-state index >= 15 is 0 Å². The number of hydrogen-bond acceptors (Lipinski definition) is 5. The van der Waals surface area contributed by atoms with Crippen molar-refractivity contribution in [1.82, 2.24) is 10.6 Å². The van der Waals surface area contributed by atoms with Crippen LogP contribution in [0.15, 0.2) is 18.2 Å². The molecule has 2 aliphatic heterocycles. The number of halogens is 1. The minimum absolute atomic E-state index is 0.253. The molecule has 27 heavy (non-hydrogen) atoms. The van der Waals surface area contributed by atoms with Crippen molar-refractivity contribution >= 4 is 17.7 Å². The second-order valence-electron chi connectivity index (χ2n) is 7.47. The van der Waals surface area contributed by atoms with Gasteiger partial charge in [-0.3, -0.25) is 4.79 Å². The molecular formula is C19H21FN4O3. The van der Waals surface area contributed by atoms with Gasteiger partial charge in [-0.1, -0.05) is 6.07 Å². The van der Waals surface area contributed by atoms with Gasteiger partial charge in [0.25, 0.3) is 0 Å². The largest absolute Gasteiger partial charge is 0.442 e. The van der Waals surface area contributed by atoms with Gasteiger partial charge in [-0.15, -0.1) is 0 Å². The van der Waals surface area contributed by atoms with Crippen molar-refractivity contribution in [3.63, 3.8) is 0 Å². The second kappa shape index (κ2) is 6.72. The zero-order valence-electron chi connectivity index (χ0n) is 14.9. The first kappa shape index (κ1) is 17.6. The molecule has 5 atom stereocenters. The van der Waals surface area contributed by atoms with Crippen molar-refractivity contribution in [2.75, 3.05) is 24.5 Å². The summed E-state index contributed by atoms with van der Waals surface area (Å²) < 4.78 is 20.0. The van der Waals surface area contributed by atoms with Gasteiger partial charge in [0.2, 0.25) is 5.91 Å². The summed E-state index contributed by atoms with van der Waals surface area (Å²) >= 11 is 0. The maximum atomic E-state index is 14.8. The van der Waals surface area contributed by atoms with E-state index in [0.717, 1.165) is 13.1 Å². The highest BCUT2D eigenvalue weighted by molar-refractivity contribution is 5.74. The number of amides is 2. The molecule has 1 aromatic carbocycles. The molecule has 0 radical (unpaired) electrons. The van der Waals surface area contributed by atoms with Gasteiger partial charge < -0.3 is 20.3 Å². The molecule has 4 rings (SSSR count). The Hall–Kier alpha value is -2.82. The third-order valence-corrected chi connectivity index (χ3v) is 5.81. The highest BCUT2D eigenvalue weighted by Crippen LogP contribution is 2.54. The molecule has 2 unspecified atom stereocenters. The molecule has 8 heteroatoms. The van der Waals surface area contributed by atoms with Crippen LogP contribution >= 0.6 is 0 Å². The van der Waals surface area contributed by atoms with Crippen LogP contribution in [0.2, 0.25) is 0 Å². The number of carbonyl (C=O) groups excluding carboxylic acids is 2. The molecule has 1 aromatic rings. The van der Waals surface area contributed by atoms with Crippen molar-refractivity contribution in [2.24, 2.45) is 17.8 Å². The number of ether oxygens (including phenoxy) is 1. The van der Waals surface area contributed by atoms with Crippen LogP contribution in [0.1, 0.15) is 24.9 Å². The summed E-state index contributed by atoms with van der Waals surface area (Å²) in [5, 5.41) is 14.1. The summed E-state index contributed by atoms with van der Waals surface area (Å²) in [6.07, 6.45) is -0.551. The standard InChI is InChI=1S/C19H21FN4O3/c1-10(25)23-18(17-7-22-19(26)27-17)11-2-3-16(15(20)6-11)24-8-13-12(4-5-21)14(13)9-24/h2-3,6,12-14,17-18H,4,7-9H2,1H3,(H,22,26)(H,23,25)/t12?,13-,14+,17-,18?/m0/s1. The third-order valence-electron chi connectivity index (χ3n) is 5.81. The predicted molar refractivity (Wildman–Crippen MR) is 94.1 cm³/mol. The fourth-order valence-corrected chi connectivity index (χ4v) is 4.43. The summed E-state index contributed by atoms with van der Waals surface area (Å²) in [6, 6.07) is 6.49. The van der Waals surface area contributed by atoms with Crippen LogP contribution < -0.4 is 15.5 Å². The van der Waals surface area contributed by atoms with Gasteiger partial charge in [-0.2, -0.15) is 5.26 Å². The monoisotopic (exact) mass is 372 g/mol. The number of nitriles is 1. The first-order valence-corrected chi connectivity index (χ1v) is 9.11. The molecule has 1 aliphatic carbocycles. The fraction of sp³-hybridized carbons (Fsp3) is 0.526. The van der Waals surface area contributed by atoms with Gasteiger partial charge >= 0.3 is 6.09 Å². The van der Waals surface area contributed by atoms with E-state index in [-0.39, 0.29) is 18.3 Å². The molecule has 0 bridgehead atoms. The van der Waals surface area contributed by atoms with Crippen molar-refractivity contribution < 1.29 is 18.7 Å². The zero-order valence-corrected chi connectivity index (χ0v) is 14.9. The van der Waals surface area contributed by atoms with Gasteiger partial charge in [-0.05, 0) is 35.4 Å². The van der Waals surface area contributed by atoms with Crippen molar-refractivity contribution in [1.29, 1.82) is 5.26 Å². The summed E-state index contributed by atoms with van der Waals surface area (Å²) in [4.78, 5) is 24.9. The summed E-state index contributed by atoms with van der Waals surface area (Å²) in [6.45, 7) is 3.16. The van der Waals surface area contributed by atoms with E-state index < -0.39 is 18.2 Å². The van der Waals surface area contributed by atoms with Gasteiger partial charge in [0.15, 0.2) is 0 Å². The Balaban J connectivity index is 1.50. The van der Waals surface area contributed by atoms with Gasteiger partial charge in [-0.25, -0.2) is 9.18 Å². The summed E-state index contributed by atoms with van der Waals surface area (Å²) in [5.41, 5.74) is 1.09. The average Bonchev–Trinajstić information content (AvgIpc) is 2.99. The van der Waals surface area contributed by atoms with E-state index in [0.29, 0.717) is 35.4 Å². The lowest BCUT2D eigenvalue weighted by Crippen LogP contribution is -2.37. The molecule has 2 N–H and O–H groups in total. The van der Waals surface area contributed by atoms with E-state index in [9.17, 15) is 14.0 Å².